The van der Waals surface area contributed by atoms with Crippen molar-refractivity contribution in [2.24, 2.45) is 0 Å². The molecule has 66 heavy (non-hydrogen) atoms. The molecule has 316 valence electrons. The van der Waals surface area contributed by atoms with Crippen LogP contribution in [0.4, 0.5) is 28.4 Å². The van der Waals surface area contributed by atoms with E-state index in [1.54, 1.807) is 0 Å². The Morgan fingerprint density at radius 1 is 0.500 bits per heavy atom. The SMILES string of the molecule is CC12CC=c3c(ccc4oc5cc(N(c6cccc7c6oc6ccccc67)C6(C)C=CC=CC6)ccc5c34)=C1c1ccc(N(c3ccccc3)c3cccc4c3oc3ccccc34)cc1O2. The highest BCUT2D eigenvalue weighted by atomic mass is 16.5. The number of para-hydroxylation sites is 5. The molecule has 6 nitrogen and oxygen atoms in total. The van der Waals surface area contributed by atoms with Crippen molar-refractivity contribution >= 4 is 106 Å². The molecule has 0 radical (unpaired) electrons. The average Bonchev–Trinajstić information content (AvgIpc) is 4.11. The van der Waals surface area contributed by atoms with Crippen molar-refractivity contribution in [1.82, 2.24) is 0 Å². The molecule has 1 aliphatic heterocycles. The van der Waals surface area contributed by atoms with Gasteiger partial charge in [-0.2, -0.15) is 0 Å². The minimum Gasteiger partial charge on any atom is -0.482 e. The second kappa shape index (κ2) is 13.6. The molecule has 0 amide bonds. The van der Waals surface area contributed by atoms with Gasteiger partial charge in [0.1, 0.15) is 33.7 Å². The first-order chi connectivity index (χ1) is 32.4. The zero-order valence-electron chi connectivity index (χ0n) is 36.4. The Morgan fingerprint density at radius 2 is 1.20 bits per heavy atom. The van der Waals surface area contributed by atoms with Crippen LogP contribution in [0.3, 0.4) is 0 Å². The predicted octanol–water partition coefficient (Wildman–Crippen LogP) is 14.8. The summed E-state index contributed by atoms with van der Waals surface area (Å²) >= 11 is 0. The molecule has 0 saturated carbocycles. The molecule has 2 atom stereocenters. The Balaban J connectivity index is 0.913. The second-order valence-corrected chi connectivity index (χ2v) is 18.3. The number of allylic oxidation sites excluding steroid dienone is 2. The van der Waals surface area contributed by atoms with Gasteiger partial charge < -0.3 is 27.8 Å². The van der Waals surface area contributed by atoms with Crippen molar-refractivity contribution in [3.05, 3.63) is 204 Å². The molecule has 8 aromatic carbocycles. The third kappa shape index (κ3) is 5.30. The Labute approximate surface area is 379 Å². The van der Waals surface area contributed by atoms with Gasteiger partial charge in [-0.1, -0.05) is 115 Å². The molecule has 2 aliphatic carbocycles. The fourth-order valence-electron chi connectivity index (χ4n) is 11.3. The number of ether oxygens (including phenoxy) is 1. The molecule has 0 fully saturated rings. The van der Waals surface area contributed by atoms with Gasteiger partial charge in [-0.25, -0.2) is 0 Å². The number of anilines is 5. The van der Waals surface area contributed by atoms with Crippen LogP contribution >= 0.6 is 0 Å². The molecular weight excluding hydrogens is 813 g/mol. The zero-order chi connectivity index (χ0) is 43.7. The molecule has 0 N–H and O–H groups in total. The molecule has 4 heterocycles. The molecule has 3 aliphatic rings. The number of hydrogen-bond donors (Lipinski definition) is 0. The number of rotatable bonds is 6. The van der Waals surface area contributed by atoms with Crippen molar-refractivity contribution in [3.8, 4) is 5.75 Å². The Hall–Kier alpha value is -8.22. The third-order valence-corrected chi connectivity index (χ3v) is 14.2. The van der Waals surface area contributed by atoms with Crippen LogP contribution in [-0.4, -0.2) is 11.1 Å². The van der Waals surface area contributed by atoms with Gasteiger partial charge in [-0.15, -0.1) is 0 Å². The van der Waals surface area contributed by atoms with Gasteiger partial charge in [0.25, 0.3) is 0 Å². The summed E-state index contributed by atoms with van der Waals surface area (Å²) in [5, 5.41) is 8.98. The first kappa shape index (κ1) is 37.2. The van der Waals surface area contributed by atoms with Gasteiger partial charge in [0.2, 0.25) is 0 Å². The van der Waals surface area contributed by atoms with Crippen molar-refractivity contribution in [1.29, 1.82) is 0 Å². The van der Waals surface area contributed by atoms with E-state index in [1.807, 2.05) is 24.3 Å². The van der Waals surface area contributed by atoms with E-state index in [-0.39, 0.29) is 5.54 Å². The molecule has 6 heteroatoms. The van der Waals surface area contributed by atoms with E-state index >= 15 is 0 Å². The van der Waals surface area contributed by atoms with Crippen LogP contribution in [-0.2, 0) is 0 Å². The van der Waals surface area contributed by atoms with E-state index < -0.39 is 5.60 Å². The van der Waals surface area contributed by atoms with E-state index in [2.05, 4.69) is 194 Å². The van der Waals surface area contributed by atoms with Crippen LogP contribution in [0.1, 0.15) is 32.3 Å². The summed E-state index contributed by atoms with van der Waals surface area (Å²) in [6.45, 7) is 4.52. The van der Waals surface area contributed by atoms with Crippen molar-refractivity contribution in [2.45, 2.75) is 37.8 Å². The topological polar surface area (TPSA) is 55.1 Å². The Morgan fingerprint density at radius 3 is 1.95 bits per heavy atom. The van der Waals surface area contributed by atoms with E-state index in [1.165, 1.54) is 16.0 Å². The van der Waals surface area contributed by atoms with Crippen LogP contribution < -0.4 is 25.0 Å². The lowest BCUT2D eigenvalue weighted by Gasteiger charge is -2.41. The minimum atomic E-state index is -0.541. The largest absolute Gasteiger partial charge is 0.482 e. The lowest BCUT2D eigenvalue weighted by atomic mass is 9.83. The summed E-state index contributed by atoms with van der Waals surface area (Å²) in [7, 11) is 0. The van der Waals surface area contributed by atoms with Crippen molar-refractivity contribution < 1.29 is 18.0 Å². The monoisotopic (exact) mass is 854 g/mol. The van der Waals surface area contributed by atoms with E-state index in [0.717, 1.165) is 118 Å². The predicted molar refractivity (Wildman–Crippen MR) is 269 cm³/mol. The second-order valence-electron chi connectivity index (χ2n) is 18.3. The number of furan rings is 3. The molecule has 2 unspecified atom stereocenters. The molecule has 3 aromatic heterocycles. The van der Waals surface area contributed by atoms with Crippen molar-refractivity contribution in [3.63, 3.8) is 0 Å². The fourth-order valence-corrected chi connectivity index (χ4v) is 11.3. The van der Waals surface area contributed by atoms with Gasteiger partial charge >= 0.3 is 0 Å². The smallest absolute Gasteiger partial charge is 0.159 e. The number of fused-ring (bicyclic) bond motifs is 14. The molecule has 14 rings (SSSR count). The molecule has 0 saturated heterocycles. The first-order valence-electron chi connectivity index (χ1n) is 22.8. The van der Waals surface area contributed by atoms with Gasteiger partial charge in [0, 0.05) is 79.1 Å². The van der Waals surface area contributed by atoms with Crippen LogP contribution in [0, 0.1) is 0 Å². The highest BCUT2D eigenvalue weighted by molar-refractivity contribution is 6.12. The van der Waals surface area contributed by atoms with E-state index in [0.29, 0.717) is 0 Å². The molecular formula is C60H42N2O4. The van der Waals surface area contributed by atoms with Gasteiger partial charge in [-0.3, -0.25) is 0 Å². The summed E-state index contributed by atoms with van der Waals surface area (Å²) < 4.78 is 27.1. The summed E-state index contributed by atoms with van der Waals surface area (Å²) in [4.78, 5) is 4.70. The summed E-state index contributed by atoms with van der Waals surface area (Å²) in [5.74, 6) is 0.866. The fraction of sp³-hybridized carbons (Fsp3) is 0.100. The highest BCUT2D eigenvalue weighted by Gasteiger charge is 2.42. The van der Waals surface area contributed by atoms with Crippen molar-refractivity contribution in [2.75, 3.05) is 9.80 Å². The maximum absolute atomic E-state index is 7.07. The Kier molecular flexibility index (Phi) is 7.69. The lowest BCUT2D eigenvalue weighted by molar-refractivity contribution is 0.173. The normalized spacial score (nSPS) is 18.5. The van der Waals surface area contributed by atoms with Gasteiger partial charge in [-0.05, 0) is 97.4 Å². The van der Waals surface area contributed by atoms with Gasteiger partial charge in [0.05, 0.1) is 16.9 Å². The minimum absolute atomic E-state index is 0.357. The standard InChI is InChI=1S/C60H42N2O4/c1-59(32-11-4-12-33-59)62(49-22-14-20-45-41-18-8-10-24-51(41)65-58(45)49)39-26-27-46-53(36-39)63-52-30-29-43-42(55(46)52)31-34-60(2)56(43)47-28-25-38(35-54(47)66-60)61(37-15-5-3-6-16-37)48-21-13-19-44-40-17-7-9-23-50(40)64-57(44)48/h3-32,35-36H,33-34H2,1-2H3. The molecule has 0 spiro atoms. The highest BCUT2D eigenvalue weighted by Crippen LogP contribution is 2.50. The number of hydrogen-bond acceptors (Lipinski definition) is 6. The first-order valence-corrected chi connectivity index (χ1v) is 22.8. The van der Waals surface area contributed by atoms with Crippen LogP contribution in [0.2, 0.25) is 0 Å². The van der Waals surface area contributed by atoms with E-state index in [9.17, 15) is 0 Å². The van der Waals surface area contributed by atoms with Crippen LogP contribution in [0.25, 0.3) is 77.5 Å². The quantitative estimate of drug-likeness (QED) is 0.166. The molecule has 0 bridgehead atoms. The van der Waals surface area contributed by atoms with Crippen LogP contribution in [0.15, 0.2) is 201 Å². The average molecular weight is 855 g/mol. The number of benzene rings is 8. The Bertz CT molecular complexity index is 4040. The lowest BCUT2D eigenvalue weighted by Crippen LogP contribution is -2.42. The maximum Gasteiger partial charge on any atom is 0.159 e. The van der Waals surface area contributed by atoms with E-state index in [4.69, 9.17) is 18.0 Å². The summed E-state index contributed by atoms with van der Waals surface area (Å²) in [6, 6.07) is 57.6. The van der Waals surface area contributed by atoms with Gasteiger partial charge in [0.15, 0.2) is 11.2 Å². The number of nitrogens with zero attached hydrogens (tertiary/aromatic N) is 2. The molecule has 11 aromatic rings. The zero-order valence-corrected chi connectivity index (χ0v) is 36.4. The maximum atomic E-state index is 7.07. The summed E-state index contributed by atoms with van der Waals surface area (Å²) in [6.07, 6.45) is 12.7. The summed E-state index contributed by atoms with van der Waals surface area (Å²) in [5.41, 5.74) is 11.6. The van der Waals surface area contributed by atoms with Crippen LogP contribution in [0.5, 0.6) is 5.75 Å². The third-order valence-electron chi connectivity index (χ3n) is 14.2.